The van der Waals surface area contributed by atoms with Crippen LogP contribution in [0.4, 0.5) is 19.1 Å². The van der Waals surface area contributed by atoms with Gasteiger partial charge in [-0.3, -0.25) is 4.90 Å². The summed E-state index contributed by atoms with van der Waals surface area (Å²) in [6.07, 6.45) is 3.61. The standard InChI is InChI=1S/C26H31F3N4O.ClH/c27-26(28,29)23-21(15-33-6-7-34-22(16-33)20-4-2-1-3-5-20)14-30-24(31-23)32-25-11-17-8-18(12-25)10-19(9-17)13-25;/h1-5,14,17-19,22H,6-13,15-16H2,(H,30,31,32);1H. The number of morpholine rings is 1. The Morgan fingerprint density at radius 3 is 2.31 bits per heavy atom. The molecule has 1 aliphatic heterocycles. The fraction of sp³-hybridized carbons (Fsp3) is 0.615. The first-order chi connectivity index (χ1) is 16.4. The number of alkyl halides is 3. The quantitative estimate of drug-likeness (QED) is 0.547. The summed E-state index contributed by atoms with van der Waals surface area (Å²) in [5.74, 6) is 2.21. The second-order valence-electron chi connectivity index (χ2n) is 10.9. The summed E-state index contributed by atoms with van der Waals surface area (Å²) in [5, 5.41) is 3.40. The summed E-state index contributed by atoms with van der Waals surface area (Å²) >= 11 is 0. The molecule has 5 aliphatic rings. The summed E-state index contributed by atoms with van der Waals surface area (Å²) in [6.45, 7) is 1.75. The van der Waals surface area contributed by atoms with Crippen molar-refractivity contribution < 1.29 is 17.9 Å². The van der Waals surface area contributed by atoms with Crippen LogP contribution in [0.15, 0.2) is 36.5 Å². The van der Waals surface area contributed by atoms with Crippen LogP contribution in [0, 0.1) is 17.8 Å². The number of ether oxygens (including phenoxy) is 1. The zero-order chi connectivity index (χ0) is 23.3. The molecule has 1 atom stereocenters. The Balaban J connectivity index is 0.00000253. The van der Waals surface area contributed by atoms with Crippen LogP contribution < -0.4 is 5.32 Å². The minimum atomic E-state index is -4.53. The van der Waals surface area contributed by atoms with Crippen molar-refractivity contribution in [1.29, 1.82) is 0 Å². The van der Waals surface area contributed by atoms with Gasteiger partial charge in [-0.05, 0) is 61.8 Å². The summed E-state index contributed by atoms with van der Waals surface area (Å²) in [4.78, 5) is 10.5. The van der Waals surface area contributed by atoms with E-state index >= 15 is 0 Å². The molecule has 4 saturated carbocycles. The van der Waals surface area contributed by atoms with E-state index in [2.05, 4.69) is 15.3 Å². The van der Waals surface area contributed by atoms with Crippen LogP contribution in [0.25, 0.3) is 0 Å². The molecule has 1 aromatic heterocycles. The lowest BCUT2D eigenvalue weighted by Gasteiger charge is -2.56. The van der Waals surface area contributed by atoms with Crippen LogP contribution >= 0.6 is 12.4 Å². The molecule has 5 nitrogen and oxygen atoms in total. The fourth-order valence-electron chi connectivity index (χ4n) is 7.29. The van der Waals surface area contributed by atoms with E-state index in [4.69, 9.17) is 4.74 Å². The van der Waals surface area contributed by atoms with Crippen molar-refractivity contribution in [2.75, 3.05) is 25.0 Å². The Morgan fingerprint density at radius 2 is 1.69 bits per heavy atom. The molecule has 2 heterocycles. The maximum Gasteiger partial charge on any atom is 0.433 e. The molecule has 4 bridgehead atoms. The van der Waals surface area contributed by atoms with E-state index in [-0.39, 0.29) is 42.1 Å². The van der Waals surface area contributed by atoms with E-state index in [1.54, 1.807) is 0 Å². The van der Waals surface area contributed by atoms with Gasteiger partial charge in [0.1, 0.15) is 0 Å². The Labute approximate surface area is 210 Å². The molecule has 5 fully saturated rings. The van der Waals surface area contributed by atoms with Crippen LogP contribution in [-0.2, 0) is 17.5 Å². The van der Waals surface area contributed by atoms with Gasteiger partial charge in [0.05, 0.1) is 12.7 Å². The second kappa shape index (κ2) is 9.52. The number of rotatable bonds is 5. The minimum Gasteiger partial charge on any atom is -0.371 e. The molecule has 1 unspecified atom stereocenters. The highest BCUT2D eigenvalue weighted by atomic mass is 35.5. The Morgan fingerprint density at radius 1 is 1.03 bits per heavy atom. The van der Waals surface area contributed by atoms with E-state index in [1.807, 2.05) is 35.2 Å². The first-order valence-corrected chi connectivity index (χ1v) is 12.5. The van der Waals surface area contributed by atoms with E-state index in [0.717, 1.165) is 24.8 Å². The molecule has 1 N–H and O–H groups in total. The summed E-state index contributed by atoms with van der Waals surface area (Å²) < 4.78 is 48.1. The van der Waals surface area contributed by atoms with Crippen molar-refractivity contribution >= 4 is 18.4 Å². The maximum absolute atomic E-state index is 14.1. The molecule has 7 rings (SSSR count). The van der Waals surface area contributed by atoms with Gasteiger partial charge in [-0.15, -0.1) is 12.4 Å². The van der Waals surface area contributed by atoms with Crippen LogP contribution in [0.2, 0.25) is 0 Å². The van der Waals surface area contributed by atoms with E-state index in [9.17, 15) is 13.2 Å². The molecule has 0 radical (unpaired) electrons. The summed E-state index contributed by atoms with van der Waals surface area (Å²) in [6, 6.07) is 9.81. The van der Waals surface area contributed by atoms with Crippen LogP contribution in [0.5, 0.6) is 0 Å². The molecule has 190 valence electrons. The number of nitrogens with zero attached hydrogens (tertiary/aromatic N) is 3. The average molecular weight is 509 g/mol. The van der Waals surface area contributed by atoms with Crippen molar-refractivity contribution in [3.63, 3.8) is 0 Å². The van der Waals surface area contributed by atoms with Crippen molar-refractivity contribution in [2.24, 2.45) is 17.8 Å². The van der Waals surface area contributed by atoms with Gasteiger partial charge in [-0.1, -0.05) is 30.3 Å². The fourth-order valence-corrected chi connectivity index (χ4v) is 7.29. The zero-order valence-electron chi connectivity index (χ0n) is 19.6. The highest BCUT2D eigenvalue weighted by molar-refractivity contribution is 5.85. The smallest absolute Gasteiger partial charge is 0.371 e. The minimum absolute atomic E-state index is 0. The Hall–Kier alpha value is -1.90. The monoisotopic (exact) mass is 508 g/mol. The normalized spacial score (nSPS) is 32.3. The number of aromatic nitrogens is 2. The molecule has 1 saturated heterocycles. The number of halogens is 4. The Kier molecular flexibility index (Phi) is 6.74. The van der Waals surface area contributed by atoms with Gasteiger partial charge in [0.15, 0.2) is 5.69 Å². The third-order valence-corrected chi connectivity index (χ3v) is 8.26. The molecular weight excluding hydrogens is 477 g/mol. The van der Waals surface area contributed by atoms with Gasteiger partial charge in [0, 0.05) is 36.9 Å². The number of hydrogen-bond acceptors (Lipinski definition) is 5. The zero-order valence-corrected chi connectivity index (χ0v) is 20.5. The van der Waals surface area contributed by atoms with Gasteiger partial charge >= 0.3 is 6.18 Å². The highest BCUT2D eigenvalue weighted by Gasteiger charge is 2.51. The SMILES string of the molecule is Cl.FC(F)(F)c1nc(NC23CC4CC(CC(C4)C2)C3)ncc1CN1CCOC(c2ccccc2)C1. The molecule has 2 aromatic rings. The summed E-state index contributed by atoms with van der Waals surface area (Å²) in [7, 11) is 0. The number of anilines is 1. The number of hydrogen-bond donors (Lipinski definition) is 1. The largest absolute Gasteiger partial charge is 0.433 e. The first kappa shape index (κ1) is 24.8. The Bertz CT molecular complexity index is 1000. The molecule has 35 heavy (non-hydrogen) atoms. The molecular formula is C26H32ClF3N4O. The summed E-state index contributed by atoms with van der Waals surface area (Å²) in [5.41, 5.74) is 0.205. The van der Waals surface area contributed by atoms with Crippen molar-refractivity contribution in [3.8, 4) is 0 Å². The molecule has 0 spiro atoms. The van der Waals surface area contributed by atoms with Crippen molar-refractivity contribution in [1.82, 2.24) is 14.9 Å². The lowest BCUT2D eigenvalue weighted by atomic mass is 9.53. The van der Waals surface area contributed by atoms with Crippen molar-refractivity contribution in [2.45, 2.75) is 62.9 Å². The average Bonchev–Trinajstić information content (AvgIpc) is 2.79. The van der Waals surface area contributed by atoms with Crippen LogP contribution in [0.3, 0.4) is 0 Å². The molecule has 0 amide bonds. The van der Waals surface area contributed by atoms with E-state index in [1.165, 1.54) is 25.5 Å². The lowest BCUT2D eigenvalue weighted by Crippen LogP contribution is -2.55. The van der Waals surface area contributed by atoms with E-state index in [0.29, 0.717) is 37.5 Å². The second-order valence-corrected chi connectivity index (χ2v) is 10.9. The third kappa shape index (κ3) is 5.16. The highest BCUT2D eigenvalue weighted by Crippen LogP contribution is 2.56. The first-order valence-electron chi connectivity index (χ1n) is 12.5. The van der Waals surface area contributed by atoms with Gasteiger partial charge in [0.2, 0.25) is 5.95 Å². The van der Waals surface area contributed by atoms with Gasteiger partial charge in [-0.2, -0.15) is 13.2 Å². The van der Waals surface area contributed by atoms with Gasteiger partial charge in [-0.25, -0.2) is 9.97 Å². The topological polar surface area (TPSA) is 50.3 Å². The predicted octanol–water partition coefficient (Wildman–Crippen LogP) is 5.87. The number of benzene rings is 1. The number of nitrogens with one attached hydrogen (secondary N) is 1. The maximum atomic E-state index is 14.1. The van der Waals surface area contributed by atoms with E-state index < -0.39 is 11.9 Å². The lowest BCUT2D eigenvalue weighted by molar-refractivity contribution is -0.142. The van der Waals surface area contributed by atoms with Gasteiger partial charge < -0.3 is 10.1 Å². The molecule has 9 heteroatoms. The molecule has 4 aliphatic carbocycles. The van der Waals surface area contributed by atoms with Crippen LogP contribution in [-0.4, -0.2) is 40.1 Å². The third-order valence-electron chi connectivity index (χ3n) is 8.26. The van der Waals surface area contributed by atoms with Crippen molar-refractivity contribution in [3.05, 3.63) is 53.3 Å². The van der Waals surface area contributed by atoms with Gasteiger partial charge in [0.25, 0.3) is 0 Å². The predicted molar refractivity (Wildman–Crippen MR) is 129 cm³/mol. The van der Waals surface area contributed by atoms with Crippen LogP contribution in [0.1, 0.15) is 61.4 Å². The molecule has 1 aromatic carbocycles.